The van der Waals surface area contributed by atoms with E-state index in [9.17, 15) is 4.79 Å². The minimum absolute atomic E-state index is 0. The van der Waals surface area contributed by atoms with Gasteiger partial charge in [-0.05, 0) is 0 Å². The number of carboxylic acids is 1. The number of nitrogens with two attached hydrogens (primary N) is 1. The molecule has 5 heteroatoms. The summed E-state index contributed by atoms with van der Waals surface area (Å²) < 4.78 is 0. The molecule has 0 unspecified atom stereocenters. The SMILES string of the molecule is NCC(=O)O.[CH3][Al+][CH3].[Cl-]. The van der Waals surface area contributed by atoms with E-state index in [1.165, 1.54) is 0 Å². The van der Waals surface area contributed by atoms with Gasteiger partial charge >= 0.3 is 32.8 Å². The second-order valence-corrected chi connectivity index (χ2v) is 2.33. The summed E-state index contributed by atoms with van der Waals surface area (Å²) >= 11 is 0.750. The summed E-state index contributed by atoms with van der Waals surface area (Å²) in [5, 5.41) is 7.60. The van der Waals surface area contributed by atoms with E-state index in [0.717, 1.165) is 15.2 Å². The fourth-order valence-electron chi connectivity index (χ4n) is 0. The van der Waals surface area contributed by atoms with E-state index in [1.807, 2.05) is 0 Å². The van der Waals surface area contributed by atoms with E-state index in [-0.39, 0.29) is 19.0 Å². The molecular weight excluding hydrogens is 156 g/mol. The van der Waals surface area contributed by atoms with E-state index in [0.29, 0.717) is 0 Å². The number of hydrogen-bond acceptors (Lipinski definition) is 2. The van der Waals surface area contributed by atoms with E-state index in [4.69, 9.17) is 5.11 Å². The number of hydrogen-bond donors (Lipinski definition) is 2. The van der Waals surface area contributed by atoms with Crippen molar-refractivity contribution in [2.75, 3.05) is 6.54 Å². The minimum atomic E-state index is -0.968. The molecule has 0 aliphatic heterocycles. The summed E-state index contributed by atoms with van der Waals surface area (Å²) in [6, 6.07) is 0. The largest absolute Gasteiger partial charge is 1.00 e. The van der Waals surface area contributed by atoms with Crippen molar-refractivity contribution in [2.24, 2.45) is 5.73 Å². The predicted octanol–water partition coefficient (Wildman–Crippen LogP) is -3.18. The first kappa shape index (κ1) is 16.1. The Labute approximate surface area is 67.7 Å². The molecule has 0 saturated carbocycles. The normalized spacial score (nSPS) is 5.22. The van der Waals surface area contributed by atoms with Crippen molar-refractivity contribution in [3.05, 3.63) is 0 Å². The third-order valence-electron chi connectivity index (χ3n) is 0.175. The van der Waals surface area contributed by atoms with Crippen LogP contribution in [-0.2, 0) is 4.79 Å². The smallest absolute Gasteiger partial charge is 1.00 e. The van der Waals surface area contributed by atoms with Gasteiger partial charge in [0.1, 0.15) is 0 Å². The first-order valence-electron chi connectivity index (χ1n) is 2.34. The molecule has 3 N–H and O–H groups in total. The van der Waals surface area contributed by atoms with E-state index >= 15 is 0 Å². The summed E-state index contributed by atoms with van der Waals surface area (Å²) in [5.74, 6) is 3.45. The van der Waals surface area contributed by atoms with Gasteiger partial charge in [0.15, 0.2) is 0 Å². The van der Waals surface area contributed by atoms with Gasteiger partial charge in [0.25, 0.3) is 0 Å². The van der Waals surface area contributed by atoms with E-state index < -0.39 is 5.97 Å². The summed E-state index contributed by atoms with van der Waals surface area (Å²) in [4.78, 5) is 9.24. The molecule has 0 aliphatic carbocycles. The Morgan fingerprint density at radius 2 is 1.78 bits per heavy atom. The Morgan fingerprint density at radius 3 is 1.78 bits per heavy atom. The van der Waals surface area contributed by atoms with Crippen molar-refractivity contribution in [1.29, 1.82) is 0 Å². The first-order chi connectivity index (χ1) is 3.68. The predicted molar refractivity (Wildman–Crippen MR) is 34.2 cm³/mol. The van der Waals surface area contributed by atoms with Gasteiger partial charge in [0.2, 0.25) is 0 Å². The summed E-state index contributed by atoms with van der Waals surface area (Å²) in [6.45, 7) is -0.278. The van der Waals surface area contributed by atoms with Crippen LogP contribution >= 0.6 is 0 Å². The Hall–Kier alpha value is 0.252. The minimum Gasteiger partial charge on any atom is -1.00 e. The van der Waals surface area contributed by atoms with Crippen LogP contribution in [-0.4, -0.2) is 32.8 Å². The second kappa shape index (κ2) is 15.7. The van der Waals surface area contributed by atoms with Gasteiger partial charge in [0, 0.05) is 0 Å². The van der Waals surface area contributed by atoms with Crippen molar-refractivity contribution < 1.29 is 22.3 Å². The van der Waals surface area contributed by atoms with Crippen molar-refractivity contribution in [1.82, 2.24) is 0 Å². The van der Waals surface area contributed by atoms with Gasteiger partial charge in [-0.1, -0.05) is 0 Å². The molecule has 0 atom stereocenters. The Bertz CT molecular complexity index is 62.5. The van der Waals surface area contributed by atoms with Crippen molar-refractivity contribution in [3.8, 4) is 0 Å². The summed E-state index contributed by atoms with van der Waals surface area (Å²) in [7, 11) is 0. The van der Waals surface area contributed by atoms with Gasteiger partial charge in [-0.3, -0.25) is 4.79 Å². The summed E-state index contributed by atoms with van der Waals surface area (Å²) in [6.07, 6.45) is 0. The van der Waals surface area contributed by atoms with Crippen LogP contribution in [0.25, 0.3) is 0 Å². The van der Waals surface area contributed by atoms with Crippen LogP contribution in [0, 0.1) is 0 Å². The molecule has 0 aromatic heterocycles. The molecule has 0 radical (unpaired) electrons. The van der Waals surface area contributed by atoms with Crippen LogP contribution in [0.5, 0.6) is 0 Å². The maximum atomic E-state index is 9.24. The monoisotopic (exact) mass is 167 g/mol. The summed E-state index contributed by atoms with van der Waals surface area (Å²) in [5.41, 5.74) is 4.57. The van der Waals surface area contributed by atoms with Crippen LogP contribution in [0.4, 0.5) is 0 Å². The van der Waals surface area contributed by atoms with Crippen LogP contribution in [0.1, 0.15) is 0 Å². The third-order valence-corrected chi connectivity index (χ3v) is 0.175. The van der Waals surface area contributed by atoms with E-state index in [1.54, 1.807) is 0 Å². The number of carboxylic acid groups (broad SMARTS) is 1. The van der Waals surface area contributed by atoms with Crippen molar-refractivity contribution in [2.45, 2.75) is 11.6 Å². The van der Waals surface area contributed by atoms with Crippen LogP contribution < -0.4 is 18.1 Å². The van der Waals surface area contributed by atoms with Crippen LogP contribution in [0.3, 0.4) is 0 Å². The first-order valence-corrected chi connectivity index (χ1v) is 4.65. The fourth-order valence-corrected chi connectivity index (χ4v) is 0. The molecule has 0 amide bonds. The van der Waals surface area contributed by atoms with Gasteiger partial charge in [-0.15, -0.1) is 0 Å². The average Bonchev–Trinajstić information content (AvgIpc) is 1.69. The molecule has 0 aromatic rings. The molecule has 0 fully saturated rings. The zero-order valence-corrected chi connectivity index (χ0v) is 7.51. The molecular formula is C4H11AlClNO2. The van der Waals surface area contributed by atoms with Gasteiger partial charge < -0.3 is 23.2 Å². The fraction of sp³-hybridized carbons (Fsp3) is 0.750. The molecule has 0 spiro atoms. The van der Waals surface area contributed by atoms with Crippen LogP contribution in [0.15, 0.2) is 0 Å². The molecule has 0 heterocycles. The standard InChI is InChI=1S/C2H5NO2.2CH3.Al.ClH/c3-1-2(4)5;;;;/h1,3H2,(H,4,5);2*1H3;;1H/q;;;+1;/p-1. The maximum Gasteiger partial charge on any atom is -1.00 e. The molecule has 0 bridgehead atoms. The van der Waals surface area contributed by atoms with Gasteiger partial charge in [-0.2, -0.15) is 0 Å². The zero-order valence-electron chi connectivity index (χ0n) is 5.60. The maximum absolute atomic E-state index is 9.24. The van der Waals surface area contributed by atoms with Gasteiger partial charge in [0.05, 0.1) is 6.54 Å². The third kappa shape index (κ3) is 63.6. The molecule has 54 valence electrons. The quantitative estimate of drug-likeness (QED) is 0.405. The van der Waals surface area contributed by atoms with E-state index in [2.05, 4.69) is 17.3 Å². The number of halogens is 1. The molecule has 3 nitrogen and oxygen atoms in total. The number of carbonyl (C=O) groups is 1. The second-order valence-electron chi connectivity index (χ2n) is 1.18. The van der Waals surface area contributed by atoms with Crippen molar-refractivity contribution in [3.63, 3.8) is 0 Å². The zero-order chi connectivity index (χ0) is 6.99. The van der Waals surface area contributed by atoms with Crippen LogP contribution in [0.2, 0.25) is 11.6 Å². The average molecular weight is 168 g/mol. The molecule has 9 heavy (non-hydrogen) atoms. The Balaban J connectivity index is -0.0000000800. The number of rotatable bonds is 1. The Morgan fingerprint density at radius 1 is 1.67 bits per heavy atom. The Kier molecular flexibility index (Phi) is 28.2. The number of aliphatic carboxylic acids is 1. The topological polar surface area (TPSA) is 63.3 Å². The molecule has 0 rings (SSSR count). The van der Waals surface area contributed by atoms with Crippen molar-refractivity contribution >= 4 is 21.2 Å². The van der Waals surface area contributed by atoms with Gasteiger partial charge in [-0.25, -0.2) is 0 Å². The molecule has 0 aliphatic rings. The molecule has 0 aromatic carbocycles. The molecule has 0 saturated heterocycles.